The molecule has 0 aromatic heterocycles. The van der Waals surface area contributed by atoms with E-state index in [1.807, 2.05) is 0 Å². The molecule has 12 heavy (non-hydrogen) atoms. The second-order valence-corrected chi connectivity index (χ2v) is 5.91. The molecule has 2 rings (SSSR count). The Morgan fingerprint density at radius 3 is 2.75 bits per heavy atom. The number of hydrogen-bond acceptors (Lipinski definition) is 2. The zero-order valence-corrected chi connectivity index (χ0v) is 8.78. The Balaban J connectivity index is 1.83. The Morgan fingerprint density at radius 1 is 1.50 bits per heavy atom. The Morgan fingerprint density at radius 2 is 2.25 bits per heavy atom. The minimum Gasteiger partial charge on any atom is -0.246 e. The highest BCUT2D eigenvalue weighted by Gasteiger charge is 2.40. The van der Waals surface area contributed by atoms with Crippen molar-refractivity contribution in [3.05, 3.63) is 11.6 Å². The summed E-state index contributed by atoms with van der Waals surface area (Å²) in [6.07, 6.45) is 6.46. The van der Waals surface area contributed by atoms with Crippen molar-refractivity contribution in [2.75, 3.05) is 13.1 Å². The zero-order chi connectivity index (χ0) is 8.60. The van der Waals surface area contributed by atoms with Crippen molar-refractivity contribution in [3.8, 4) is 0 Å². The van der Waals surface area contributed by atoms with Gasteiger partial charge in [0.1, 0.15) is 0 Å². The second-order valence-electron chi connectivity index (χ2n) is 4.23. The lowest BCUT2D eigenvalue weighted by atomic mass is 10.1. The molecule has 0 unspecified atom stereocenters. The predicted octanol–water partition coefficient (Wildman–Crippen LogP) is 2.84. The molecule has 0 atom stereocenters. The van der Waals surface area contributed by atoms with E-state index in [1.165, 1.54) is 25.8 Å². The van der Waals surface area contributed by atoms with Gasteiger partial charge in [0, 0.05) is 17.8 Å². The summed E-state index contributed by atoms with van der Waals surface area (Å²) < 4.78 is 3.12. The first-order valence-electron chi connectivity index (χ1n) is 4.78. The van der Waals surface area contributed by atoms with Gasteiger partial charge in [-0.25, -0.2) is 4.31 Å². The summed E-state index contributed by atoms with van der Waals surface area (Å²) in [6.45, 7) is 7.03. The lowest BCUT2D eigenvalue weighted by Crippen LogP contribution is -2.24. The third kappa shape index (κ3) is 2.05. The van der Waals surface area contributed by atoms with E-state index >= 15 is 0 Å². The van der Waals surface area contributed by atoms with Gasteiger partial charge in [0.25, 0.3) is 0 Å². The summed E-state index contributed by atoms with van der Waals surface area (Å²) in [4.78, 5) is 0. The second kappa shape index (κ2) is 3.08. The van der Waals surface area contributed by atoms with E-state index < -0.39 is 0 Å². The van der Waals surface area contributed by atoms with E-state index in [0.29, 0.717) is 4.75 Å². The van der Waals surface area contributed by atoms with E-state index in [2.05, 4.69) is 36.2 Å². The molecule has 68 valence electrons. The first kappa shape index (κ1) is 8.64. The maximum atomic E-state index is 2.51. The van der Waals surface area contributed by atoms with Gasteiger partial charge in [-0.2, -0.15) is 0 Å². The smallest absolute Gasteiger partial charge is 0.0280 e. The number of nitrogens with zero attached hydrogens (tertiary/aromatic N) is 1. The molecule has 0 amide bonds. The highest BCUT2D eigenvalue weighted by atomic mass is 32.2. The molecule has 1 saturated carbocycles. The van der Waals surface area contributed by atoms with E-state index in [1.54, 1.807) is 5.57 Å². The lowest BCUT2D eigenvalue weighted by molar-refractivity contribution is 0.495. The third-order valence-corrected chi connectivity index (χ3v) is 4.14. The van der Waals surface area contributed by atoms with Crippen LogP contribution in [0.1, 0.15) is 33.1 Å². The number of rotatable bonds is 2. The molecule has 2 heteroatoms. The van der Waals surface area contributed by atoms with Gasteiger partial charge in [-0.15, -0.1) is 0 Å². The molecule has 1 nitrogen and oxygen atoms in total. The van der Waals surface area contributed by atoms with Gasteiger partial charge >= 0.3 is 0 Å². The largest absolute Gasteiger partial charge is 0.246 e. The Kier molecular flexibility index (Phi) is 2.21. The normalized spacial score (nSPS) is 28.3. The topological polar surface area (TPSA) is 3.24 Å². The van der Waals surface area contributed by atoms with Gasteiger partial charge in [0.2, 0.25) is 0 Å². The summed E-state index contributed by atoms with van der Waals surface area (Å²) >= 11 is 2.08. The minimum absolute atomic E-state index is 0.610. The molecule has 0 aromatic carbocycles. The SMILES string of the molecule is CC1=CCN(SC2(C)CC2)CC1. The molecule has 1 aliphatic heterocycles. The summed E-state index contributed by atoms with van der Waals surface area (Å²) in [6, 6.07) is 0. The summed E-state index contributed by atoms with van der Waals surface area (Å²) in [5, 5.41) is 0. The molecule has 0 aromatic rings. The van der Waals surface area contributed by atoms with Gasteiger partial charge in [-0.05, 0) is 33.1 Å². The van der Waals surface area contributed by atoms with Crippen LogP contribution in [0.3, 0.4) is 0 Å². The van der Waals surface area contributed by atoms with Crippen LogP contribution >= 0.6 is 11.9 Å². The van der Waals surface area contributed by atoms with Crippen molar-refractivity contribution in [1.29, 1.82) is 0 Å². The average Bonchev–Trinajstić information content (AvgIpc) is 2.74. The first-order chi connectivity index (χ1) is 5.68. The molecular weight excluding hydrogens is 166 g/mol. The standard InChI is InChI=1S/C10H17NS/c1-9-3-7-11(8-4-9)12-10(2)5-6-10/h3H,4-8H2,1-2H3. The summed E-state index contributed by atoms with van der Waals surface area (Å²) in [7, 11) is 0. The molecule has 2 aliphatic rings. The maximum absolute atomic E-state index is 2.51. The van der Waals surface area contributed by atoms with Crippen LogP contribution in [0.2, 0.25) is 0 Å². The maximum Gasteiger partial charge on any atom is 0.0280 e. The van der Waals surface area contributed by atoms with Crippen molar-refractivity contribution in [2.45, 2.75) is 37.9 Å². The third-order valence-electron chi connectivity index (χ3n) is 2.70. The molecule has 0 radical (unpaired) electrons. The molecule has 0 N–H and O–H groups in total. The van der Waals surface area contributed by atoms with Gasteiger partial charge < -0.3 is 0 Å². The van der Waals surface area contributed by atoms with E-state index in [9.17, 15) is 0 Å². The monoisotopic (exact) mass is 183 g/mol. The highest BCUT2D eigenvalue weighted by molar-refractivity contribution is 7.98. The Bertz CT molecular complexity index is 206. The Labute approximate surface area is 79.3 Å². The summed E-state index contributed by atoms with van der Waals surface area (Å²) in [5.74, 6) is 0. The van der Waals surface area contributed by atoms with Crippen molar-refractivity contribution >= 4 is 11.9 Å². The fraction of sp³-hybridized carbons (Fsp3) is 0.800. The minimum atomic E-state index is 0.610. The van der Waals surface area contributed by atoms with Crippen LogP contribution in [0.15, 0.2) is 11.6 Å². The molecule has 1 fully saturated rings. The van der Waals surface area contributed by atoms with Crippen LogP contribution in [0.4, 0.5) is 0 Å². The van der Waals surface area contributed by atoms with Crippen molar-refractivity contribution in [3.63, 3.8) is 0 Å². The molecule has 1 heterocycles. The van der Waals surface area contributed by atoms with Crippen LogP contribution in [-0.4, -0.2) is 22.1 Å². The fourth-order valence-electron chi connectivity index (χ4n) is 1.41. The van der Waals surface area contributed by atoms with E-state index in [4.69, 9.17) is 0 Å². The molecular formula is C10H17NS. The lowest BCUT2D eigenvalue weighted by Gasteiger charge is -2.26. The Hall–Kier alpha value is 0.0500. The van der Waals surface area contributed by atoms with E-state index in [-0.39, 0.29) is 0 Å². The fourth-order valence-corrected chi connectivity index (χ4v) is 2.65. The first-order valence-corrected chi connectivity index (χ1v) is 5.55. The molecule has 0 spiro atoms. The number of hydrogen-bond donors (Lipinski definition) is 0. The van der Waals surface area contributed by atoms with Crippen molar-refractivity contribution in [1.82, 2.24) is 4.31 Å². The van der Waals surface area contributed by atoms with Crippen LogP contribution < -0.4 is 0 Å². The predicted molar refractivity (Wildman–Crippen MR) is 55.2 cm³/mol. The van der Waals surface area contributed by atoms with Gasteiger partial charge in [-0.3, -0.25) is 0 Å². The van der Waals surface area contributed by atoms with Gasteiger partial charge in [0.05, 0.1) is 0 Å². The van der Waals surface area contributed by atoms with Crippen LogP contribution in [-0.2, 0) is 0 Å². The molecule has 0 saturated heterocycles. The summed E-state index contributed by atoms with van der Waals surface area (Å²) in [5.41, 5.74) is 1.56. The van der Waals surface area contributed by atoms with Gasteiger partial charge in [0.15, 0.2) is 0 Å². The van der Waals surface area contributed by atoms with E-state index in [0.717, 1.165) is 6.54 Å². The molecule has 0 bridgehead atoms. The zero-order valence-electron chi connectivity index (χ0n) is 7.97. The van der Waals surface area contributed by atoms with Crippen LogP contribution in [0, 0.1) is 0 Å². The molecule has 1 aliphatic carbocycles. The van der Waals surface area contributed by atoms with Crippen LogP contribution in [0.25, 0.3) is 0 Å². The highest BCUT2D eigenvalue weighted by Crippen LogP contribution is 2.49. The van der Waals surface area contributed by atoms with Crippen molar-refractivity contribution < 1.29 is 0 Å². The quantitative estimate of drug-likeness (QED) is 0.478. The van der Waals surface area contributed by atoms with Gasteiger partial charge in [-0.1, -0.05) is 23.6 Å². The van der Waals surface area contributed by atoms with Crippen LogP contribution in [0.5, 0.6) is 0 Å². The van der Waals surface area contributed by atoms with Crippen molar-refractivity contribution in [2.24, 2.45) is 0 Å². The average molecular weight is 183 g/mol.